The first-order valence-corrected chi connectivity index (χ1v) is 17.5. The minimum atomic E-state index is -0.541. The molecule has 1 N–H and O–H groups in total. The highest BCUT2D eigenvalue weighted by Gasteiger charge is 2.49. The lowest BCUT2D eigenvalue weighted by Gasteiger charge is -2.40. The van der Waals surface area contributed by atoms with E-state index in [2.05, 4.69) is 27.0 Å². The average molecular weight is 684 g/mol. The van der Waals surface area contributed by atoms with E-state index in [0.717, 1.165) is 40.6 Å². The minimum absolute atomic E-state index is 0.0316. The molecule has 3 aromatic carbocycles. The molecule has 9 nitrogen and oxygen atoms in total. The highest BCUT2D eigenvalue weighted by atomic mass is 19.1. The van der Waals surface area contributed by atoms with Gasteiger partial charge in [0.15, 0.2) is 5.82 Å². The molecular formula is C40H35F2N7O2. The molecule has 11 heteroatoms. The van der Waals surface area contributed by atoms with Crippen LogP contribution in [0.15, 0.2) is 60.9 Å². The second-order valence-corrected chi connectivity index (χ2v) is 14.0. The van der Waals surface area contributed by atoms with Crippen LogP contribution in [0, 0.1) is 35.8 Å². The molecule has 2 bridgehead atoms. The number of aromatic nitrogens is 4. The number of ether oxygens (including phenoxy) is 1. The molecular weight excluding hydrogens is 648 g/mol. The SMILES string of the molecule is Cc1cnc(-c2nc3c(F)c(-c4cccc5ccc(F)cc45)c(CCC#N)cc3c3c2cc(C(C)N2CCOCC2=O)n3[C@H]2[C@H]3CN[C@@H]2C3)cn1. The third-order valence-electron chi connectivity index (χ3n) is 11.1. The van der Waals surface area contributed by atoms with E-state index in [0.29, 0.717) is 64.3 Å². The molecule has 3 aliphatic heterocycles. The summed E-state index contributed by atoms with van der Waals surface area (Å²) >= 11 is 0. The lowest BCUT2D eigenvalue weighted by molar-refractivity contribution is -0.145. The van der Waals surface area contributed by atoms with Gasteiger partial charge in [-0.3, -0.25) is 14.8 Å². The Labute approximate surface area is 292 Å². The number of nitriles is 1. The van der Waals surface area contributed by atoms with Gasteiger partial charge in [-0.15, -0.1) is 0 Å². The summed E-state index contributed by atoms with van der Waals surface area (Å²) in [4.78, 5) is 29.3. The fourth-order valence-corrected chi connectivity index (χ4v) is 8.59. The average Bonchev–Trinajstić information content (AvgIpc) is 3.88. The maximum Gasteiger partial charge on any atom is 0.249 e. The predicted molar refractivity (Wildman–Crippen MR) is 190 cm³/mol. The maximum absolute atomic E-state index is 17.7. The Kier molecular flexibility index (Phi) is 7.56. The number of amides is 1. The van der Waals surface area contributed by atoms with Crippen molar-refractivity contribution in [1.29, 1.82) is 5.26 Å². The van der Waals surface area contributed by atoms with Crippen LogP contribution in [0.5, 0.6) is 0 Å². The zero-order chi connectivity index (χ0) is 35.0. The normalized spacial score (nSPS) is 20.6. The molecule has 1 saturated carbocycles. The molecule has 4 fully saturated rings. The fourth-order valence-electron chi connectivity index (χ4n) is 8.59. The smallest absolute Gasteiger partial charge is 0.249 e. The number of benzene rings is 3. The molecule has 0 spiro atoms. The van der Waals surface area contributed by atoms with Crippen molar-refractivity contribution < 1.29 is 18.3 Å². The number of hydrogen-bond donors (Lipinski definition) is 1. The van der Waals surface area contributed by atoms with E-state index >= 15 is 4.39 Å². The largest absolute Gasteiger partial charge is 0.370 e. The van der Waals surface area contributed by atoms with E-state index in [1.54, 1.807) is 24.5 Å². The lowest BCUT2D eigenvalue weighted by atomic mass is 9.79. The van der Waals surface area contributed by atoms with Gasteiger partial charge in [0.05, 0.1) is 42.2 Å². The third kappa shape index (κ3) is 5.00. The van der Waals surface area contributed by atoms with Crippen LogP contribution in [0.3, 0.4) is 0 Å². The summed E-state index contributed by atoms with van der Waals surface area (Å²) in [7, 11) is 0. The number of morpholine rings is 1. The van der Waals surface area contributed by atoms with Gasteiger partial charge in [-0.2, -0.15) is 5.26 Å². The van der Waals surface area contributed by atoms with Crippen LogP contribution in [-0.4, -0.2) is 62.7 Å². The van der Waals surface area contributed by atoms with Crippen molar-refractivity contribution in [1.82, 2.24) is 29.7 Å². The van der Waals surface area contributed by atoms with Crippen LogP contribution in [0.1, 0.15) is 48.8 Å². The number of carbonyl (C=O) groups is 1. The molecule has 1 aliphatic carbocycles. The summed E-state index contributed by atoms with van der Waals surface area (Å²) in [5, 5.41) is 16.1. The summed E-state index contributed by atoms with van der Waals surface area (Å²) in [5.74, 6) is -0.665. The summed E-state index contributed by atoms with van der Waals surface area (Å²) in [6, 6.07) is 16.3. The Morgan fingerprint density at radius 2 is 1.98 bits per heavy atom. The van der Waals surface area contributed by atoms with Gasteiger partial charge in [-0.1, -0.05) is 24.3 Å². The van der Waals surface area contributed by atoms with Crippen molar-refractivity contribution in [2.75, 3.05) is 26.3 Å². The monoisotopic (exact) mass is 683 g/mol. The zero-order valence-corrected chi connectivity index (χ0v) is 28.3. The quantitative estimate of drug-likeness (QED) is 0.194. The van der Waals surface area contributed by atoms with Crippen molar-refractivity contribution >= 4 is 38.5 Å². The number of pyridine rings is 1. The Balaban J connectivity index is 1.40. The summed E-state index contributed by atoms with van der Waals surface area (Å²) in [5.41, 5.74) is 5.13. The first-order chi connectivity index (χ1) is 24.8. The third-order valence-corrected chi connectivity index (χ3v) is 11.1. The highest BCUT2D eigenvalue weighted by molar-refractivity contribution is 6.12. The van der Waals surface area contributed by atoms with Gasteiger partial charge < -0.3 is 19.5 Å². The van der Waals surface area contributed by atoms with Gasteiger partial charge in [0.2, 0.25) is 5.91 Å². The van der Waals surface area contributed by atoms with Crippen molar-refractivity contribution in [3.8, 4) is 28.6 Å². The number of hydrogen-bond acceptors (Lipinski definition) is 7. The molecule has 1 unspecified atom stereocenters. The Morgan fingerprint density at radius 1 is 1.10 bits per heavy atom. The minimum Gasteiger partial charge on any atom is -0.370 e. The summed E-state index contributed by atoms with van der Waals surface area (Å²) in [6.07, 6.45) is 4.84. The van der Waals surface area contributed by atoms with Crippen LogP contribution in [0.2, 0.25) is 0 Å². The predicted octanol–water partition coefficient (Wildman–Crippen LogP) is 6.96. The van der Waals surface area contributed by atoms with Crippen molar-refractivity contribution in [3.05, 3.63) is 89.5 Å². The van der Waals surface area contributed by atoms with E-state index in [1.165, 1.54) is 12.1 Å². The summed E-state index contributed by atoms with van der Waals surface area (Å²) in [6.45, 7) is 5.73. The first-order valence-electron chi connectivity index (χ1n) is 17.5. The van der Waals surface area contributed by atoms with E-state index in [4.69, 9.17) is 14.7 Å². The van der Waals surface area contributed by atoms with E-state index in [-0.39, 0.29) is 42.6 Å². The van der Waals surface area contributed by atoms with Crippen LogP contribution >= 0.6 is 0 Å². The van der Waals surface area contributed by atoms with Gasteiger partial charge in [0, 0.05) is 53.8 Å². The molecule has 4 atom stereocenters. The van der Waals surface area contributed by atoms with Gasteiger partial charge in [-0.25, -0.2) is 13.8 Å². The van der Waals surface area contributed by atoms with E-state index in [9.17, 15) is 14.4 Å². The Hall–Kier alpha value is -5.31. The number of nitrogens with zero attached hydrogens (tertiary/aromatic N) is 6. The molecule has 1 amide bonds. The molecule has 10 rings (SSSR count). The van der Waals surface area contributed by atoms with Crippen molar-refractivity contribution in [3.63, 3.8) is 0 Å². The zero-order valence-electron chi connectivity index (χ0n) is 28.3. The van der Waals surface area contributed by atoms with Crippen molar-refractivity contribution in [2.45, 2.75) is 51.2 Å². The maximum atomic E-state index is 17.7. The number of rotatable bonds is 7. The van der Waals surface area contributed by atoms with Gasteiger partial charge >= 0.3 is 0 Å². The van der Waals surface area contributed by atoms with Gasteiger partial charge in [0.1, 0.15) is 29.3 Å². The Morgan fingerprint density at radius 3 is 2.73 bits per heavy atom. The van der Waals surface area contributed by atoms with E-state index in [1.807, 2.05) is 36.9 Å². The van der Waals surface area contributed by atoms with Gasteiger partial charge in [0.25, 0.3) is 0 Å². The summed E-state index contributed by atoms with van der Waals surface area (Å²) < 4.78 is 40.2. The van der Waals surface area contributed by atoms with Crippen molar-refractivity contribution in [2.24, 2.45) is 5.92 Å². The fraction of sp³-hybridized carbons (Fsp3) is 0.325. The first kappa shape index (κ1) is 31.7. The number of fused-ring (bicyclic) bond motifs is 5. The highest BCUT2D eigenvalue weighted by Crippen LogP contribution is 2.50. The molecule has 51 heavy (non-hydrogen) atoms. The number of halogens is 2. The van der Waals surface area contributed by atoms with Gasteiger partial charge in [-0.05, 0) is 78.8 Å². The molecule has 0 radical (unpaired) electrons. The van der Waals surface area contributed by atoms with E-state index < -0.39 is 11.6 Å². The number of carbonyl (C=O) groups excluding carboxylic acids is 1. The number of aryl methyl sites for hydroxylation is 2. The van der Waals surface area contributed by atoms with Crippen LogP contribution in [0.4, 0.5) is 8.78 Å². The second kappa shape index (κ2) is 12.2. The molecule has 4 aliphatic rings. The van der Waals surface area contributed by atoms with Crippen LogP contribution in [-0.2, 0) is 16.0 Å². The van der Waals surface area contributed by atoms with Crippen LogP contribution in [0.25, 0.3) is 55.1 Å². The standard InChI is InChI=1S/C40H35F2N7O2/c1-21-17-45-32(19-44-21)37-30-16-33(22(2)48-11-12-51-20-34(48)50)49(39-25-14-31(39)46-18-25)40(30)29-13-24(6-4-10-43)35(36(42)38(29)47-37)27-7-3-5-23-8-9-26(41)15-28(23)27/h3,5,7-9,13,15-17,19,22,25,31,39,46H,4,6,11-12,14,18,20H2,1-2H3/t22?,25-,31-,39+/m1/s1. The van der Waals surface area contributed by atoms with Crippen LogP contribution < -0.4 is 5.32 Å². The topological polar surface area (TPSA) is 109 Å². The Bertz CT molecular complexity index is 2420. The second-order valence-electron chi connectivity index (χ2n) is 14.0. The lowest BCUT2D eigenvalue weighted by Crippen LogP contribution is -2.45. The number of nitrogens with one attached hydrogen (secondary N) is 1. The molecule has 256 valence electrons. The molecule has 3 aromatic heterocycles. The molecule has 6 heterocycles. The molecule has 3 saturated heterocycles. The molecule has 6 aromatic rings.